The van der Waals surface area contributed by atoms with Crippen molar-refractivity contribution in [1.29, 1.82) is 0 Å². The van der Waals surface area contributed by atoms with Crippen molar-refractivity contribution < 1.29 is 29.7 Å². The van der Waals surface area contributed by atoms with Crippen molar-refractivity contribution in [3.63, 3.8) is 0 Å². The number of benzene rings is 2. The van der Waals surface area contributed by atoms with Gasteiger partial charge in [-0.15, -0.1) is 0 Å². The highest BCUT2D eigenvalue weighted by atomic mass is 16.4. The second-order valence-corrected chi connectivity index (χ2v) is 10.8. The molecule has 2 aromatic carbocycles. The van der Waals surface area contributed by atoms with Crippen molar-refractivity contribution >= 4 is 23.3 Å². The molecule has 0 heterocycles. The first-order chi connectivity index (χ1) is 19.3. The summed E-state index contributed by atoms with van der Waals surface area (Å²) in [7, 11) is 0. The van der Waals surface area contributed by atoms with Crippen LogP contribution < -0.4 is 5.32 Å². The second-order valence-electron chi connectivity index (χ2n) is 10.8. The number of carbonyl (C=O) groups excluding carboxylic acids is 2. The number of para-hydroxylation sites is 1. The molecule has 0 bridgehead atoms. The van der Waals surface area contributed by atoms with Crippen molar-refractivity contribution in [2.75, 3.05) is 5.32 Å². The van der Waals surface area contributed by atoms with Crippen molar-refractivity contribution in [2.24, 2.45) is 11.8 Å². The average molecular weight is 550 g/mol. The van der Waals surface area contributed by atoms with E-state index in [9.17, 15) is 29.7 Å². The van der Waals surface area contributed by atoms with E-state index in [4.69, 9.17) is 0 Å². The molecule has 0 radical (unpaired) electrons. The third-order valence-corrected chi connectivity index (χ3v) is 7.85. The molecule has 0 aliphatic heterocycles. The van der Waals surface area contributed by atoms with Gasteiger partial charge in [0.15, 0.2) is 0 Å². The van der Waals surface area contributed by atoms with Crippen LogP contribution in [0.4, 0.5) is 5.69 Å². The number of carbonyl (C=O) groups is 3. The van der Waals surface area contributed by atoms with Crippen LogP contribution in [0, 0.1) is 11.8 Å². The zero-order chi connectivity index (χ0) is 28.9. The number of unbranched alkanes of at least 4 members (excludes halogenated alkanes) is 2. The van der Waals surface area contributed by atoms with Gasteiger partial charge in [0, 0.05) is 35.9 Å². The fraction of sp³-hybridized carbons (Fsp3) is 0.485. The molecule has 1 aliphatic carbocycles. The van der Waals surface area contributed by atoms with Crippen LogP contribution >= 0.6 is 0 Å². The van der Waals surface area contributed by atoms with Crippen LogP contribution in [0.2, 0.25) is 0 Å². The van der Waals surface area contributed by atoms with E-state index in [-0.39, 0.29) is 42.3 Å². The minimum Gasteiger partial charge on any atom is -0.481 e. The molecule has 1 fully saturated rings. The Morgan fingerprint density at radius 2 is 1.73 bits per heavy atom. The number of aliphatic carboxylic acids is 1. The molecule has 0 saturated heterocycles. The first-order valence-electron chi connectivity index (χ1n) is 14.5. The van der Waals surface area contributed by atoms with E-state index in [0.29, 0.717) is 43.4 Å². The highest BCUT2D eigenvalue weighted by Gasteiger charge is 2.39. The number of rotatable bonds is 16. The molecule has 216 valence electrons. The van der Waals surface area contributed by atoms with Gasteiger partial charge in [0.05, 0.1) is 12.2 Å². The summed E-state index contributed by atoms with van der Waals surface area (Å²) < 4.78 is 0. The van der Waals surface area contributed by atoms with E-state index in [1.165, 1.54) is 0 Å². The Morgan fingerprint density at radius 1 is 1.00 bits per heavy atom. The molecule has 3 rings (SSSR count). The summed E-state index contributed by atoms with van der Waals surface area (Å²) in [6, 6.07) is 16.4. The SMILES string of the molecule is CCCCC[C@H](O)/C=C/[C@H]1[C@H](O)CC(=O)[C@@H]1CCCC(CCC(=O)O)c1ccccc1NC(=O)c1ccccc1. The molecule has 1 unspecified atom stereocenters. The van der Waals surface area contributed by atoms with Crippen LogP contribution in [0.5, 0.6) is 0 Å². The maximum atomic E-state index is 12.8. The van der Waals surface area contributed by atoms with Gasteiger partial charge in [0.25, 0.3) is 5.91 Å². The fourth-order valence-electron chi connectivity index (χ4n) is 5.64. The van der Waals surface area contributed by atoms with Gasteiger partial charge in [-0.2, -0.15) is 0 Å². The maximum absolute atomic E-state index is 12.8. The molecule has 5 atom stereocenters. The number of hydrogen-bond donors (Lipinski definition) is 4. The van der Waals surface area contributed by atoms with E-state index in [1.807, 2.05) is 36.4 Å². The zero-order valence-corrected chi connectivity index (χ0v) is 23.4. The summed E-state index contributed by atoms with van der Waals surface area (Å²) in [6.07, 6.45) is 8.30. The number of carboxylic acids is 1. The number of nitrogens with one attached hydrogen (secondary N) is 1. The maximum Gasteiger partial charge on any atom is 0.303 e. The second kappa shape index (κ2) is 16.1. The Morgan fingerprint density at radius 3 is 2.45 bits per heavy atom. The largest absolute Gasteiger partial charge is 0.481 e. The lowest BCUT2D eigenvalue weighted by Crippen LogP contribution is -2.19. The molecular formula is C33H43NO6. The molecule has 4 N–H and O–H groups in total. The molecule has 1 saturated carbocycles. The van der Waals surface area contributed by atoms with Crippen LogP contribution in [0.3, 0.4) is 0 Å². The number of carboxylic acid groups (broad SMARTS) is 1. The first-order valence-corrected chi connectivity index (χ1v) is 14.5. The highest BCUT2D eigenvalue weighted by Crippen LogP contribution is 2.37. The van der Waals surface area contributed by atoms with Crippen molar-refractivity contribution in [3.8, 4) is 0 Å². The number of aliphatic hydroxyl groups is 2. The van der Waals surface area contributed by atoms with Gasteiger partial charge in [-0.05, 0) is 55.4 Å². The van der Waals surface area contributed by atoms with Crippen LogP contribution in [0.1, 0.15) is 93.0 Å². The van der Waals surface area contributed by atoms with Gasteiger partial charge >= 0.3 is 5.97 Å². The molecule has 2 aromatic rings. The van der Waals surface area contributed by atoms with Crippen LogP contribution in [0.25, 0.3) is 0 Å². The molecule has 40 heavy (non-hydrogen) atoms. The topological polar surface area (TPSA) is 124 Å². The third-order valence-electron chi connectivity index (χ3n) is 7.85. The normalized spacial score (nSPS) is 20.5. The highest BCUT2D eigenvalue weighted by molar-refractivity contribution is 6.04. The summed E-state index contributed by atoms with van der Waals surface area (Å²) in [5.41, 5.74) is 2.06. The van der Waals surface area contributed by atoms with Gasteiger partial charge in [0.2, 0.25) is 0 Å². The molecule has 7 nitrogen and oxygen atoms in total. The van der Waals surface area contributed by atoms with Crippen molar-refractivity contribution in [3.05, 3.63) is 77.9 Å². The molecular weight excluding hydrogens is 506 g/mol. The standard InChI is InChI=1S/C33H43NO6/c1-2-3-5-14-25(35)19-20-28-27(30(36)22-31(28)37)16-10-13-23(18-21-32(38)39)26-15-8-9-17-29(26)34-33(40)24-11-6-4-7-12-24/h4,6-9,11-12,15,17,19-20,23,25,27-28,31,35,37H,2-3,5,10,13-14,16,18,21-22H2,1H3,(H,34,40)(H,38,39)/b20-19+/t23?,25-,27+,28+,31+/m0/s1. The van der Waals surface area contributed by atoms with Crippen molar-refractivity contribution in [1.82, 2.24) is 0 Å². The van der Waals surface area contributed by atoms with Gasteiger partial charge < -0.3 is 20.6 Å². The summed E-state index contributed by atoms with van der Waals surface area (Å²) in [5, 5.41) is 33.2. The Hall–Kier alpha value is -3.29. The summed E-state index contributed by atoms with van der Waals surface area (Å²) in [4.78, 5) is 37.0. The van der Waals surface area contributed by atoms with Gasteiger partial charge in [0.1, 0.15) is 5.78 Å². The summed E-state index contributed by atoms with van der Waals surface area (Å²) in [5.74, 6) is -1.88. The Bertz CT molecular complexity index is 1130. The summed E-state index contributed by atoms with van der Waals surface area (Å²) in [6.45, 7) is 2.11. The summed E-state index contributed by atoms with van der Waals surface area (Å²) >= 11 is 0. The van der Waals surface area contributed by atoms with Gasteiger partial charge in [-0.3, -0.25) is 14.4 Å². The Kier molecular flexibility index (Phi) is 12.6. The molecule has 7 heteroatoms. The number of aliphatic hydroxyl groups excluding tert-OH is 2. The lowest BCUT2D eigenvalue weighted by atomic mass is 9.84. The Balaban J connectivity index is 1.68. The number of ketones is 1. The minimum absolute atomic E-state index is 0.00596. The minimum atomic E-state index is -0.882. The number of hydrogen-bond acceptors (Lipinski definition) is 5. The van der Waals surface area contributed by atoms with Crippen LogP contribution in [-0.2, 0) is 9.59 Å². The lowest BCUT2D eigenvalue weighted by Gasteiger charge is -2.22. The van der Waals surface area contributed by atoms with Crippen LogP contribution in [-0.4, -0.2) is 45.2 Å². The van der Waals surface area contributed by atoms with Gasteiger partial charge in [-0.1, -0.05) is 81.2 Å². The van der Waals surface area contributed by atoms with Gasteiger partial charge in [-0.25, -0.2) is 0 Å². The third kappa shape index (κ3) is 9.42. The molecule has 1 amide bonds. The molecule has 0 aromatic heterocycles. The van der Waals surface area contributed by atoms with E-state index >= 15 is 0 Å². The van der Waals surface area contributed by atoms with E-state index in [0.717, 1.165) is 24.8 Å². The molecule has 0 spiro atoms. The fourth-order valence-corrected chi connectivity index (χ4v) is 5.64. The number of anilines is 1. The van der Waals surface area contributed by atoms with E-state index < -0.39 is 18.2 Å². The monoisotopic (exact) mass is 549 g/mol. The van der Waals surface area contributed by atoms with Crippen molar-refractivity contribution in [2.45, 2.75) is 89.3 Å². The lowest BCUT2D eigenvalue weighted by molar-refractivity contribution is -0.137. The predicted octanol–water partition coefficient (Wildman–Crippen LogP) is 6.12. The smallest absolute Gasteiger partial charge is 0.303 e. The number of amides is 1. The van der Waals surface area contributed by atoms with E-state index in [2.05, 4.69) is 12.2 Å². The first kappa shape index (κ1) is 31.2. The quantitative estimate of drug-likeness (QED) is 0.148. The van der Waals surface area contributed by atoms with E-state index in [1.54, 1.807) is 30.3 Å². The Labute approximate surface area is 237 Å². The number of Topliss-reactive ketones (excluding diaryl/α,β-unsaturated/α-hetero) is 1. The average Bonchev–Trinajstić information content (AvgIpc) is 3.21. The van der Waals surface area contributed by atoms with Crippen LogP contribution in [0.15, 0.2) is 66.7 Å². The molecule has 1 aliphatic rings. The predicted molar refractivity (Wildman–Crippen MR) is 156 cm³/mol. The zero-order valence-electron chi connectivity index (χ0n) is 23.4.